The van der Waals surface area contributed by atoms with Crippen LogP contribution in [0.1, 0.15) is 0 Å². The SMILES string of the molecule is [CH-]=C.[Mn+2].c1cc[cH-]c1. The second-order valence-corrected chi connectivity index (χ2v) is 0.962. The molecule has 0 unspecified atom stereocenters. The second-order valence-electron chi connectivity index (χ2n) is 0.962. The van der Waals surface area contributed by atoms with E-state index in [4.69, 9.17) is 0 Å². The largest absolute Gasteiger partial charge is 2.00 e. The van der Waals surface area contributed by atoms with Crippen molar-refractivity contribution < 1.29 is 17.1 Å². The minimum Gasteiger partial charge on any atom is -0.521 e. The zero-order valence-electron chi connectivity index (χ0n) is 4.55. The van der Waals surface area contributed by atoms with Gasteiger partial charge in [-0.2, -0.15) is 18.2 Å². The van der Waals surface area contributed by atoms with Gasteiger partial charge < -0.3 is 6.58 Å². The van der Waals surface area contributed by atoms with E-state index in [-0.39, 0.29) is 17.1 Å². The van der Waals surface area contributed by atoms with Crippen molar-refractivity contribution in [3.8, 4) is 0 Å². The fraction of sp³-hybridized carbons (Fsp3) is 0. The van der Waals surface area contributed by atoms with Crippen LogP contribution in [0.3, 0.4) is 0 Å². The third-order valence-corrected chi connectivity index (χ3v) is 0.556. The maximum atomic E-state index is 4.25. The Labute approximate surface area is 61.1 Å². The first-order chi connectivity index (χ1) is 3.50. The topological polar surface area (TPSA) is 0 Å². The summed E-state index contributed by atoms with van der Waals surface area (Å²) in [4.78, 5) is 0. The van der Waals surface area contributed by atoms with Gasteiger partial charge >= 0.3 is 17.1 Å². The van der Waals surface area contributed by atoms with Crippen molar-refractivity contribution in [2.75, 3.05) is 0 Å². The Hall–Kier alpha value is -0.391. The summed E-state index contributed by atoms with van der Waals surface area (Å²) in [6.07, 6.45) is 0. The quantitative estimate of drug-likeness (QED) is 0.389. The Morgan fingerprint density at radius 1 is 1.12 bits per heavy atom. The van der Waals surface area contributed by atoms with Gasteiger partial charge in [0, 0.05) is 0 Å². The van der Waals surface area contributed by atoms with Gasteiger partial charge in [0.15, 0.2) is 0 Å². The predicted octanol–water partition coefficient (Wildman–Crippen LogP) is 2.01. The third-order valence-electron chi connectivity index (χ3n) is 0.556. The number of hydrogen-bond acceptors (Lipinski definition) is 0. The smallest absolute Gasteiger partial charge is 0.521 e. The van der Waals surface area contributed by atoms with E-state index in [0.29, 0.717) is 0 Å². The van der Waals surface area contributed by atoms with E-state index in [0.717, 1.165) is 0 Å². The van der Waals surface area contributed by atoms with Crippen molar-refractivity contribution in [2.24, 2.45) is 0 Å². The van der Waals surface area contributed by atoms with E-state index < -0.39 is 0 Å². The molecule has 0 heterocycles. The van der Waals surface area contributed by atoms with Crippen molar-refractivity contribution in [2.45, 2.75) is 0 Å². The Morgan fingerprint density at radius 3 is 1.62 bits per heavy atom. The molecule has 1 aromatic rings. The molecule has 1 heteroatoms. The van der Waals surface area contributed by atoms with Gasteiger partial charge in [0.05, 0.1) is 0 Å². The van der Waals surface area contributed by atoms with E-state index in [2.05, 4.69) is 13.2 Å². The van der Waals surface area contributed by atoms with Gasteiger partial charge in [-0.3, -0.25) is 6.58 Å². The Morgan fingerprint density at radius 2 is 1.50 bits per heavy atom. The Balaban J connectivity index is 0. The molecule has 0 nitrogen and oxygen atoms in total. The first kappa shape index (κ1) is 10.6. The zero-order chi connectivity index (χ0) is 5.54. The Kier molecular flexibility index (Phi) is 12.9. The molecule has 43 valence electrons. The van der Waals surface area contributed by atoms with Crippen molar-refractivity contribution in [1.29, 1.82) is 0 Å². The molecule has 0 aliphatic heterocycles. The summed E-state index contributed by atoms with van der Waals surface area (Å²) >= 11 is 0. The molecule has 1 aromatic carbocycles. The minimum atomic E-state index is 0. The molecule has 0 spiro atoms. The molecule has 0 fully saturated rings. The maximum Gasteiger partial charge on any atom is 2.00 e. The van der Waals surface area contributed by atoms with Crippen molar-refractivity contribution in [3.05, 3.63) is 43.5 Å². The van der Waals surface area contributed by atoms with Crippen LogP contribution in [0, 0.1) is 6.58 Å². The molecule has 1 rings (SSSR count). The van der Waals surface area contributed by atoms with Crippen molar-refractivity contribution in [1.82, 2.24) is 0 Å². The molecule has 0 N–H and O–H groups in total. The van der Waals surface area contributed by atoms with Crippen molar-refractivity contribution >= 4 is 0 Å². The van der Waals surface area contributed by atoms with Crippen LogP contribution in [0.4, 0.5) is 0 Å². The van der Waals surface area contributed by atoms with Crippen LogP contribution in [0.15, 0.2) is 36.9 Å². The van der Waals surface area contributed by atoms with Crippen LogP contribution in [-0.4, -0.2) is 0 Å². The molecule has 0 saturated heterocycles. The molecule has 0 aromatic heterocycles. The molecule has 0 aliphatic carbocycles. The average molecular weight is 147 g/mol. The summed E-state index contributed by atoms with van der Waals surface area (Å²) < 4.78 is 0. The fourth-order valence-electron chi connectivity index (χ4n) is 0.321. The van der Waals surface area contributed by atoms with Gasteiger partial charge in [-0.1, -0.05) is 0 Å². The van der Waals surface area contributed by atoms with Crippen LogP contribution in [-0.2, 0) is 17.1 Å². The van der Waals surface area contributed by atoms with E-state index in [1.807, 2.05) is 30.3 Å². The molecule has 0 aliphatic rings. The van der Waals surface area contributed by atoms with Gasteiger partial charge in [0.1, 0.15) is 0 Å². The maximum absolute atomic E-state index is 4.25. The number of hydrogen-bond donors (Lipinski definition) is 0. The standard InChI is InChI=1S/C5H5.C2H3.Mn/c1-2-4-5-3-1;1-2;/h1-5H;1H,2H2;/q2*-1;+2. The van der Waals surface area contributed by atoms with E-state index in [1.54, 1.807) is 0 Å². The molecule has 0 amide bonds. The van der Waals surface area contributed by atoms with E-state index in [1.165, 1.54) is 0 Å². The molecule has 0 bridgehead atoms. The molecular formula is C7H8Mn. The van der Waals surface area contributed by atoms with Crippen LogP contribution < -0.4 is 0 Å². The van der Waals surface area contributed by atoms with Crippen LogP contribution in [0.25, 0.3) is 0 Å². The van der Waals surface area contributed by atoms with E-state index in [9.17, 15) is 0 Å². The summed E-state index contributed by atoms with van der Waals surface area (Å²) in [5.41, 5.74) is 0. The van der Waals surface area contributed by atoms with Crippen molar-refractivity contribution in [3.63, 3.8) is 0 Å². The first-order valence-electron chi connectivity index (χ1n) is 2.07. The molecule has 0 saturated carbocycles. The monoisotopic (exact) mass is 147 g/mol. The van der Waals surface area contributed by atoms with Gasteiger partial charge in [-0.25, -0.2) is 12.1 Å². The van der Waals surface area contributed by atoms with Gasteiger partial charge in [0.25, 0.3) is 0 Å². The fourth-order valence-corrected chi connectivity index (χ4v) is 0.321. The second kappa shape index (κ2) is 9.79. The Bertz CT molecular complexity index is 71.3. The summed E-state index contributed by atoms with van der Waals surface area (Å²) in [7, 11) is 0. The first-order valence-corrected chi connectivity index (χ1v) is 2.07. The van der Waals surface area contributed by atoms with E-state index >= 15 is 0 Å². The van der Waals surface area contributed by atoms with Crippen LogP contribution in [0.2, 0.25) is 0 Å². The molecule has 8 heavy (non-hydrogen) atoms. The number of rotatable bonds is 0. The summed E-state index contributed by atoms with van der Waals surface area (Å²) in [6.45, 7) is 7.00. The predicted molar refractivity (Wildman–Crippen MR) is 32.0 cm³/mol. The van der Waals surface area contributed by atoms with Crippen LogP contribution >= 0.6 is 0 Å². The molecule has 0 atom stereocenters. The third kappa shape index (κ3) is 5.61. The minimum absolute atomic E-state index is 0. The van der Waals surface area contributed by atoms with Gasteiger partial charge in [-0.15, -0.1) is 0 Å². The zero-order valence-corrected chi connectivity index (χ0v) is 5.73. The van der Waals surface area contributed by atoms with Gasteiger partial charge in [0.2, 0.25) is 0 Å². The van der Waals surface area contributed by atoms with Crippen LogP contribution in [0.5, 0.6) is 0 Å². The summed E-state index contributed by atoms with van der Waals surface area (Å²) in [5.74, 6) is 0. The summed E-state index contributed by atoms with van der Waals surface area (Å²) in [6, 6.07) is 10.0. The molecule has 1 radical (unpaired) electrons. The summed E-state index contributed by atoms with van der Waals surface area (Å²) in [5, 5.41) is 0. The van der Waals surface area contributed by atoms with Gasteiger partial charge in [-0.05, 0) is 0 Å². The average Bonchev–Trinajstić information content (AvgIpc) is 2.23. The normalized spacial score (nSPS) is 5.50. The molecular weight excluding hydrogens is 139 g/mol.